The van der Waals surface area contributed by atoms with Gasteiger partial charge in [-0.05, 0) is 13.8 Å². The van der Waals surface area contributed by atoms with Crippen LogP contribution in [0.5, 0.6) is 0 Å². The van der Waals surface area contributed by atoms with Crippen LogP contribution in [-0.4, -0.2) is 18.2 Å². The molecule has 0 saturated heterocycles. The predicted molar refractivity (Wildman–Crippen MR) is 69.7 cm³/mol. The van der Waals surface area contributed by atoms with E-state index < -0.39 is 49.7 Å². The van der Waals surface area contributed by atoms with E-state index in [9.17, 15) is 30.4 Å². The Kier molecular flexibility index (Phi) is 4.33. The summed E-state index contributed by atoms with van der Waals surface area (Å²) in [6.07, 6.45) is 1.07. The van der Waals surface area contributed by atoms with E-state index in [-0.39, 0.29) is 5.69 Å². The minimum absolute atomic E-state index is 0.00298. The lowest BCUT2D eigenvalue weighted by Gasteiger charge is -2.10. The third kappa shape index (κ3) is 2.87. The molecule has 23 heavy (non-hydrogen) atoms. The third-order valence-corrected chi connectivity index (χ3v) is 4.41. The van der Waals surface area contributed by atoms with E-state index in [1.807, 2.05) is 0 Å². The minimum Gasteiger partial charge on any atom is -0.274 e. The van der Waals surface area contributed by atoms with Gasteiger partial charge in [-0.3, -0.25) is 9.40 Å². The molecule has 1 aromatic heterocycles. The number of anilines is 1. The van der Waals surface area contributed by atoms with Gasteiger partial charge in [0.15, 0.2) is 23.3 Å². The molecule has 0 aliphatic carbocycles. The van der Waals surface area contributed by atoms with Crippen molar-refractivity contribution in [3.8, 4) is 0 Å². The molecule has 0 radical (unpaired) electrons. The molecule has 0 atom stereocenters. The van der Waals surface area contributed by atoms with Gasteiger partial charge in [-0.1, -0.05) is 0 Å². The van der Waals surface area contributed by atoms with Gasteiger partial charge in [-0.15, -0.1) is 0 Å². The second kappa shape index (κ2) is 5.80. The first-order valence-corrected chi connectivity index (χ1v) is 7.66. The lowest BCUT2D eigenvalue weighted by atomic mass is 10.2. The quantitative estimate of drug-likeness (QED) is 0.521. The lowest BCUT2D eigenvalue weighted by Crippen LogP contribution is -2.18. The molecule has 1 heterocycles. The van der Waals surface area contributed by atoms with Gasteiger partial charge in [0.2, 0.25) is 5.82 Å². The summed E-state index contributed by atoms with van der Waals surface area (Å²) in [5.41, 5.74) is -1.65. The van der Waals surface area contributed by atoms with Crippen molar-refractivity contribution >= 4 is 15.7 Å². The highest BCUT2D eigenvalue weighted by Crippen LogP contribution is 2.29. The highest BCUT2D eigenvalue weighted by atomic mass is 32.2. The average Bonchev–Trinajstić information content (AvgIpc) is 2.89. The Labute approximate surface area is 127 Å². The van der Waals surface area contributed by atoms with Gasteiger partial charge in [-0.25, -0.2) is 30.4 Å². The fourth-order valence-electron chi connectivity index (χ4n) is 1.81. The summed E-state index contributed by atoms with van der Waals surface area (Å²) in [6.45, 7) is 3.30. The Morgan fingerprint density at radius 1 is 1.04 bits per heavy atom. The van der Waals surface area contributed by atoms with E-state index in [2.05, 4.69) is 5.10 Å². The van der Waals surface area contributed by atoms with Crippen molar-refractivity contribution in [1.82, 2.24) is 9.78 Å². The standard InChI is InChI=1S/C12H10F5N3O2S/c1-3-20-4-6(5(2)18-20)23(21,22)19-12-10(16)8(14)7(13)9(15)11(12)17/h4,19H,3H2,1-2H3. The molecular weight excluding hydrogens is 345 g/mol. The molecule has 0 amide bonds. The van der Waals surface area contributed by atoms with Crippen LogP contribution in [0, 0.1) is 36.0 Å². The number of nitrogens with one attached hydrogen (secondary N) is 1. The Morgan fingerprint density at radius 3 is 1.96 bits per heavy atom. The zero-order chi connectivity index (χ0) is 17.5. The van der Waals surface area contributed by atoms with E-state index in [4.69, 9.17) is 0 Å². The summed E-state index contributed by atoms with van der Waals surface area (Å²) in [5, 5.41) is 3.83. The van der Waals surface area contributed by atoms with Crippen LogP contribution >= 0.6 is 0 Å². The summed E-state index contributed by atoms with van der Waals surface area (Å²) in [5.74, 6) is -11.4. The zero-order valence-corrected chi connectivity index (χ0v) is 12.6. The van der Waals surface area contributed by atoms with E-state index in [1.54, 1.807) is 6.92 Å². The smallest absolute Gasteiger partial charge is 0.265 e. The van der Waals surface area contributed by atoms with Gasteiger partial charge in [0.1, 0.15) is 10.6 Å². The van der Waals surface area contributed by atoms with E-state index >= 15 is 0 Å². The highest BCUT2D eigenvalue weighted by Gasteiger charge is 2.30. The molecule has 1 N–H and O–H groups in total. The van der Waals surface area contributed by atoms with Gasteiger partial charge < -0.3 is 0 Å². The van der Waals surface area contributed by atoms with Crippen LogP contribution in [0.25, 0.3) is 0 Å². The number of rotatable bonds is 4. The molecule has 126 valence electrons. The fourth-order valence-corrected chi connectivity index (χ4v) is 3.06. The summed E-state index contributed by atoms with van der Waals surface area (Å²) < 4.78 is 93.1. The lowest BCUT2D eigenvalue weighted by molar-refractivity contribution is 0.382. The van der Waals surface area contributed by atoms with Crippen LogP contribution in [0.4, 0.5) is 27.6 Å². The van der Waals surface area contributed by atoms with E-state index in [1.165, 1.54) is 16.3 Å². The Balaban J connectivity index is 2.56. The van der Waals surface area contributed by atoms with E-state index in [0.717, 1.165) is 6.20 Å². The van der Waals surface area contributed by atoms with Gasteiger partial charge >= 0.3 is 0 Å². The van der Waals surface area contributed by atoms with Crippen molar-refractivity contribution < 1.29 is 30.4 Å². The van der Waals surface area contributed by atoms with Crippen molar-refractivity contribution in [1.29, 1.82) is 0 Å². The molecule has 0 fully saturated rings. The van der Waals surface area contributed by atoms with E-state index in [0.29, 0.717) is 6.54 Å². The number of aryl methyl sites for hydroxylation is 2. The van der Waals surface area contributed by atoms with Gasteiger partial charge in [0.05, 0.1) is 5.69 Å². The molecule has 0 spiro atoms. The topological polar surface area (TPSA) is 64.0 Å². The van der Waals surface area contributed by atoms with Crippen molar-refractivity contribution in [3.05, 3.63) is 41.0 Å². The van der Waals surface area contributed by atoms with Crippen LogP contribution in [0.1, 0.15) is 12.6 Å². The maximum Gasteiger partial charge on any atom is 0.265 e. The number of benzene rings is 1. The summed E-state index contributed by atoms with van der Waals surface area (Å²) in [4.78, 5) is -0.441. The molecule has 0 saturated carbocycles. The summed E-state index contributed by atoms with van der Waals surface area (Å²) in [7, 11) is -4.59. The normalized spacial score (nSPS) is 11.8. The Morgan fingerprint density at radius 2 is 1.52 bits per heavy atom. The maximum atomic E-state index is 13.6. The number of nitrogens with zero attached hydrogens (tertiary/aromatic N) is 2. The van der Waals surface area contributed by atoms with Crippen LogP contribution < -0.4 is 4.72 Å². The first-order chi connectivity index (χ1) is 10.6. The number of aromatic nitrogens is 2. The SMILES string of the molecule is CCn1cc(S(=O)(=O)Nc2c(F)c(F)c(F)c(F)c2F)c(C)n1. The van der Waals surface area contributed by atoms with Crippen LogP contribution in [0.15, 0.2) is 11.1 Å². The molecule has 1 aromatic carbocycles. The maximum absolute atomic E-state index is 13.6. The number of sulfonamides is 1. The molecule has 5 nitrogen and oxygen atoms in total. The molecule has 2 rings (SSSR count). The molecule has 0 aliphatic heterocycles. The van der Waals surface area contributed by atoms with Gasteiger partial charge in [0, 0.05) is 12.7 Å². The van der Waals surface area contributed by atoms with Gasteiger partial charge in [0.25, 0.3) is 10.0 Å². The van der Waals surface area contributed by atoms with Gasteiger partial charge in [-0.2, -0.15) is 5.10 Å². The first-order valence-electron chi connectivity index (χ1n) is 6.18. The second-order valence-corrected chi connectivity index (χ2v) is 6.14. The highest BCUT2D eigenvalue weighted by molar-refractivity contribution is 7.92. The number of hydrogen-bond acceptors (Lipinski definition) is 3. The molecule has 11 heteroatoms. The largest absolute Gasteiger partial charge is 0.274 e. The Hall–Kier alpha value is -2.17. The minimum atomic E-state index is -4.59. The van der Waals surface area contributed by atoms with Crippen molar-refractivity contribution in [3.63, 3.8) is 0 Å². The molecular formula is C12H10F5N3O2S. The molecule has 2 aromatic rings. The van der Waals surface area contributed by atoms with Crippen LogP contribution in [0.2, 0.25) is 0 Å². The van der Waals surface area contributed by atoms with Crippen molar-refractivity contribution in [2.75, 3.05) is 4.72 Å². The monoisotopic (exact) mass is 355 g/mol. The second-order valence-electron chi connectivity index (χ2n) is 4.48. The molecule has 0 bridgehead atoms. The third-order valence-electron chi connectivity index (χ3n) is 2.96. The molecule has 0 unspecified atom stereocenters. The average molecular weight is 355 g/mol. The molecule has 0 aliphatic rings. The fraction of sp³-hybridized carbons (Fsp3) is 0.250. The van der Waals surface area contributed by atoms with Crippen molar-refractivity contribution in [2.24, 2.45) is 0 Å². The first kappa shape index (κ1) is 17.2. The Bertz CT molecular complexity index is 850. The summed E-state index contributed by atoms with van der Waals surface area (Å²) in [6, 6.07) is 0. The van der Waals surface area contributed by atoms with Crippen molar-refractivity contribution in [2.45, 2.75) is 25.3 Å². The van der Waals surface area contributed by atoms with Crippen LogP contribution in [0.3, 0.4) is 0 Å². The predicted octanol–water partition coefficient (Wildman–Crippen LogP) is 2.71. The summed E-state index contributed by atoms with van der Waals surface area (Å²) >= 11 is 0. The zero-order valence-electron chi connectivity index (χ0n) is 11.8. The number of halogens is 5. The number of hydrogen-bond donors (Lipinski definition) is 1. The van der Waals surface area contributed by atoms with Crippen LogP contribution in [-0.2, 0) is 16.6 Å².